The van der Waals surface area contributed by atoms with Gasteiger partial charge < -0.3 is 19.6 Å². The minimum atomic E-state index is -0.182. The highest BCUT2D eigenvalue weighted by Gasteiger charge is 2.28. The molecular formula is C20H22N4O3. The van der Waals surface area contributed by atoms with Crippen LogP contribution in [0.25, 0.3) is 11.6 Å². The molecule has 27 heavy (non-hydrogen) atoms. The predicted octanol–water partition coefficient (Wildman–Crippen LogP) is 3.10. The van der Waals surface area contributed by atoms with E-state index in [1.54, 1.807) is 7.11 Å². The maximum atomic E-state index is 12.5. The molecule has 0 spiro atoms. The number of aromatic nitrogens is 3. The number of imidazole rings is 1. The van der Waals surface area contributed by atoms with Crippen LogP contribution in [-0.4, -0.2) is 34.7 Å². The number of aromatic amines is 1. The van der Waals surface area contributed by atoms with Crippen molar-refractivity contribution < 1.29 is 14.1 Å². The Kier molecular flexibility index (Phi) is 4.66. The van der Waals surface area contributed by atoms with Gasteiger partial charge in [0.15, 0.2) is 5.82 Å². The second-order valence-electron chi connectivity index (χ2n) is 6.70. The van der Waals surface area contributed by atoms with Gasteiger partial charge in [0, 0.05) is 24.2 Å². The third-order valence-corrected chi connectivity index (χ3v) is 4.83. The van der Waals surface area contributed by atoms with Crippen molar-refractivity contribution in [3.63, 3.8) is 0 Å². The normalized spacial score (nSPS) is 16.5. The Morgan fingerprint density at radius 2 is 2.19 bits per heavy atom. The summed E-state index contributed by atoms with van der Waals surface area (Å²) in [5.74, 6) is 1.81. The SMILES string of the molecule is CCCc1cc(-c2nc3c([nH]2)C[C@H](c2ccccc2OC)CNC3=O)on1. The zero-order valence-electron chi connectivity index (χ0n) is 15.4. The number of amides is 1. The molecule has 0 saturated carbocycles. The summed E-state index contributed by atoms with van der Waals surface area (Å²) in [4.78, 5) is 20.3. The Bertz CT molecular complexity index is 960. The summed E-state index contributed by atoms with van der Waals surface area (Å²) < 4.78 is 10.9. The summed E-state index contributed by atoms with van der Waals surface area (Å²) in [5, 5.41) is 7.03. The maximum Gasteiger partial charge on any atom is 0.271 e. The van der Waals surface area contributed by atoms with Gasteiger partial charge in [-0.2, -0.15) is 0 Å². The van der Waals surface area contributed by atoms with Crippen LogP contribution < -0.4 is 10.1 Å². The van der Waals surface area contributed by atoms with E-state index < -0.39 is 0 Å². The van der Waals surface area contributed by atoms with E-state index in [-0.39, 0.29) is 11.8 Å². The van der Waals surface area contributed by atoms with Gasteiger partial charge in [-0.15, -0.1) is 0 Å². The molecular weight excluding hydrogens is 344 g/mol. The predicted molar refractivity (Wildman–Crippen MR) is 99.9 cm³/mol. The number of para-hydroxylation sites is 1. The molecule has 3 aromatic rings. The van der Waals surface area contributed by atoms with Crippen molar-refractivity contribution in [1.29, 1.82) is 0 Å². The molecule has 1 amide bonds. The molecule has 1 aromatic carbocycles. The third kappa shape index (κ3) is 3.32. The molecule has 0 fully saturated rings. The molecule has 4 rings (SSSR count). The summed E-state index contributed by atoms with van der Waals surface area (Å²) in [6.07, 6.45) is 2.49. The molecule has 7 nitrogen and oxygen atoms in total. The fourth-order valence-corrected chi connectivity index (χ4v) is 3.50. The third-order valence-electron chi connectivity index (χ3n) is 4.83. The zero-order chi connectivity index (χ0) is 18.8. The smallest absolute Gasteiger partial charge is 0.271 e. The lowest BCUT2D eigenvalue weighted by molar-refractivity contribution is 0.0950. The summed E-state index contributed by atoms with van der Waals surface area (Å²) >= 11 is 0. The Balaban J connectivity index is 1.66. The first-order valence-corrected chi connectivity index (χ1v) is 9.15. The average molecular weight is 366 g/mol. The monoisotopic (exact) mass is 366 g/mol. The lowest BCUT2D eigenvalue weighted by Crippen LogP contribution is -2.26. The first kappa shape index (κ1) is 17.3. The van der Waals surface area contributed by atoms with E-state index in [2.05, 4.69) is 27.4 Å². The molecule has 2 aromatic heterocycles. The minimum absolute atomic E-state index is 0.0880. The van der Waals surface area contributed by atoms with Gasteiger partial charge in [0.2, 0.25) is 5.76 Å². The molecule has 1 aliphatic heterocycles. The molecule has 0 saturated heterocycles. The summed E-state index contributed by atoms with van der Waals surface area (Å²) in [6, 6.07) is 9.76. The number of methoxy groups -OCH3 is 1. The number of nitrogens with zero attached hydrogens (tertiary/aromatic N) is 2. The van der Waals surface area contributed by atoms with Crippen LogP contribution in [0.2, 0.25) is 0 Å². The molecule has 0 aliphatic carbocycles. The van der Waals surface area contributed by atoms with E-state index in [1.165, 1.54) is 0 Å². The summed E-state index contributed by atoms with van der Waals surface area (Å²) in [6.45, 7) is 2.62. The zero-order valence-corrected chi connectivity index (χ0v) is 15.4. The molecule has 140 valence electrons. The van der Waals surface area contributed by atoms with Crippen molar-refractivity contribution in [2.24, 2.45) is 0 Å². The number of nitrogens with one attached hydrogen (secondary N) is 2. The number of rotatable bonds is 5. The van der Waals surface area contributed by atoms with Crippen molar-refractivity contribution in [3.05, 3.63) is 53.0 Å². The molecule has 1 aliphatic rings. The van der Waals surface area contributed by atoms with Gasteiger partial charge in [0.25, 0.3) is 5.91 Å². The lowest BCUT2D eigenvalue weighted by Gasteiger charge is -2.17. The lowest BCUT2D eigenvalue weighted by atomic mass is 9.93. The number of aryl methyl sites for hydroxylation is 1. The Morgan fingerprint density at radius 1 is 1.33 bits per heavy atom. The highest BCUT2D eigenvalue weighted by Crippen LogP contribution is 2.31. The fraction of sp³-hybridized carbons (Fsp3) is 0.350. The van der Waals surface area contributed by atoms with Crippen LogP contribution in [0.15, 0.2) is 34.9 Å². The standard InChI is InChI=1S/C20H22N4O3/c1-3-6-13-10-17(27-24-13)19-22-15-9-12(11-21-20(25)18(15)23-19)14-7-4-5-8-16(14)26-2/h4-5,7-8,10,12H,3,6,9,11H2,1-2H3,(H,21,25)(H,22,23)/t12-/m0/s1. The van der Waals surface area contributed by atoms with Crippen molar-refractivity contribution in [2.75, 3.05) is 13.7 Å². The second-order valence-corrected chi connectivity index (χ2v) is 6.70. The van der Waals surface area contributed by atoms with Gasteiger partial charge in [0.05, 0.1) is 12.8 Å². The number of hydrogen-bond acceptors (Lipinski definition) is 5. The quantitative estimate of drug-likeness (QED) is 0.724. The summed E-state index contributed by atoms with van der Waals surface area (Å²) in [7, 11) is 1.66. The average Bonchev–Trinajstić information content (AvgIpc) is 3.29. The highest BCUT2D eigenvalue weighted by atomic mass is 16.5. The van der Waals surface area contributed by atoms with E-state index in [9.17, 15) is 4.79 Å². The van der Waals surface area contributed by atoms with Gasteiger partial charge in [-0.05, 0) is 24.5 Å². The first-order valence-electron chi connectivity index (χ1n) is 9.15. The highest BCUT2D eigenvalue weighted by molar-refractivity contribution is 5.94. The molecule has 3 heterocycles. The van der Waals surface area contributed by atoms with E-state index in [4.69, 9.17) is 9.26 Å². The van der Waals surface area contributed by atoms with Crippen molar-refractivity contribution in [2.45, 2.75) is 32.1 Å². The number of ether oxygens (including phenoxy) is 1. The van der Waals surface area contributed by atoms with Gasteiger partial charge in [0.1, 0.15) is 11.4 Å². The number of H-pyrrole nitrogens is 1. The van der Waals surface area contributed by atoms with Crippen LogP contribution in [0.3, 0.4) is 0 Å². The first-order chi connectivity index (χ1) is 13.2. The Hall–Kier alpha value is -3.09. The molecule has 0 bridgehead atoms. The van der Waals surface area contributed by atoms with E-state index >= 15 is 0 Å². The van der Waals surface area contributed by atoms with Gasteiger partial charge >= 0.3 is 0 Å². The number of hydrogen-bond donors (Lipinski definition) is 2. The Labute approximate surface area is 157 Å². The Morgan fingerprint density at radius 3 is 3.00 bits per heavy atom. The molecule has 0 unspecified atom stereocenters. The second kappa shape index (κ2) is 7.26. The molecule has 2 N–H and O–H groups in total. The van der Waals surface area contributed by atoms with Crippen LogP contribution >= 0.6 is 0 Å². The van der Waals surface area contributed by atoms with E-state index in [0.717, 1.165) is 35.5 Å². The maximum absolute atomic E-state index is 12.5. The minimum Gasteiger partial charge on any atom is -0.496 e. The van der Waals surface area contributed by atoms with Crippen LogP contribution in [0, 0.1) is 0 Å². The van der Waals surface area contributed by atoms with Gasteiger partial charge in [-0.25, -0.2) is 4.98 Å². The molecule has 0 radical (unpaired) electrons. The number of carbonyl (C=O) groups is 1. The number of fused-ring (bicyclic) bond motifs is 1. The topological polar surface area (TPSA) is 93.0 Å². The van der Waals surface area contributed by atoms with E-state index in [0.29, 0.717) is 30.2 Å². The van der Waals surface area contributed by atoms with Crippen molar-refractivity contribution >= 4 is 5.91 Å². The molecule has 7 heteroatoms. The largest absolute Gasteiger partial charge is 0.496 e. The fourth-order valence-electron chi connectivity index (χ4n) is 3.50. The van der Waals surface area contributed by atoms with Crippen LogP contribution in [0.5, 0.6) is 5.75 Å². The van der Waals surface area contributed by atoms with Crippen molar-refractivity contribution in [3.8, 4) is 17.3 Å². The van der Waals surface area contributed by atoms with Crippen LogP contribution in [0.4, 0.5) is 0 Å². The van der Waals surface area contributed by atoms with E-state index in [1.807, 2.05) is 30.3 Å². The van der Waals surface area contributed by atoms with Crippen molar-refractivity contribution in [1.82, 2.24) is 20.4 Å². The number of benzene rings is 1. The summed E-state index contributed by atoms with van der Waals surface area (Å²) in [5.41, 5.74) is 3.16. The van der Waals surface area contributed by atoms with Crippen LogP contribution in [0.1, 0.15) is 46.7 Å². The number of carbonyl (C=O) groups excluding carboxylic acids is 1. The van der Waals surface area contributed by atoms with Gasteiger partial charge in [-0.1, -0.05) is 36.7 Å². The van der Waals surface area contributed by atoms with Crippen LogP contribution in [-0.2, 0) is 12.8 Å². The van der Waals surface area contributed by atoms with Gasteiger partial charge in [-0.3, -0.25) is 4.79 Å². The molecule has 1 atom stereocenters.